The zero-order chi connectivity index (χ0) is 8.85. The Labute approximate surface area is 64.9 Å². The van der Waals surface area contributed by atoms with E-state index in [9.17, 15) is 0 Å². The minimum atomic E-state index is -0.611. The van der Waals surface area contributed by atoms with Gasteiger partial charge < -0.3 is 15.3 Å². The molecule has 0 radical (unpaired) electrons. The molecule has 60 valence electrons. The van der Waals surface area contributed by atoms with Crippen molar-refractivity contribution in [3.05, 3.63) is 48.7 Å². The van der Waals surface area contributed by atoms with Gasteiger partial charge in [-0.3, -0.25) is 0 Å². The van der Waals surface area contributed by atoms with Crippen LogP contribution in [0.25, 0.3) is 0 Å². The summed E-state index contributed by atoms with van der Waals surface area (Å²) in [4.78, 5) is 0. The summed E-state index contributed by atoms with van der Waals surface area (Å²) in [7, 11) is 0. The van der Waals surface area contributed by atoms with E-state index in [0.29, 0.717) is 0 Å². The van der Waals surface area contributed by atoms with Gasteiger partial charge in [0.2, 0.25) is 0 Å². The lowest BCUT2D eigenvalue weighted by Gasteiger charge is -1.98. The van der Waals surface area contributed by atoms with Gasteiger partial charge in [-0.15, -0.1) is 0 Å². The van der Waals surface area contributed by atoms with E-state index < -0.39 is 17.3 Å². The second-order valence-corrected chi connectivity index (χ2v) is 1.73. The van der Waals surface area contributed by atoms with E-state index in [4.69, 9.17) is 15.3 Å². The molecule has 3 nitrogen and oxygen atoms in total. The third-order valence-corrected chi connectivity index (χ3v) is 0.954. The smallest absolute Gasteiger partial charge is 0.200 e. The number of hydrogen-bond donors (Lipinski definition) is 3. The van der Waals surface area contributed by atoms with Crippen molar-refractivity contribution >= 4 is 0 Å². The number of aliphatic hydroxyl groups excluding tert-OH is 3. The molecule has 0 unspecified atom stereocenters. The molecule has 0 aliphatic carbocycles. The van der Waals surface area contributed by atoms with Crippen LogP contribution in [0.3, 0.4) is 0 Å². The third-order valence-electron chi connectivity index (χ3n) is 0.954. The molecular formula is C8H10O3. The first-order valence-electron chi connectivity index (χ1n) is 2.90. The van der Waals surface area contributed by atoms with Crippen LogP contribution < -0.4 is 0 Å². The summed E-state index contributed by atoms with van der Waals surface area (Å²) in [6, 6.07) is 0. The number of allylic oxidation sites excluding steroid dienone is 3. The van der Waals surface area contributed by atoms with E-state index in [2.05, 4.69) is 13.2 Å². The SMILES string of the molecule is C=C/C=C(O)\C(O)=C(\O)C=C. The molecule has 0 atom stereocenters. The molecule has 0 amide bonds. The molecule has 0 aromatic carbocycles. The molecule has 11 heavy (non-hydrogen) atoms. The number of rotatable bonds is 3. The van der Waals surface area contributed by atoms with Crippen LogP contribution in [-0.2, 0) is 0 Å². The molecule has 0 aromatic heterocycles. The average Bonchev–Trinajstić information content (AvgIpc) is 2.02. The molecule has 0 saturated heterocycles. The summed E-state index contributed by atoms with van der Waals surface area (Å²) in [5.41, 5.74) is 0. The van der Waals surface area contributed by atoms with E-state index in [1.165, 1.54) is 6.08 Å². The van der Waals surface area contributed by atoms with Crippen LogP contribution in [0, 0.1) is 0 Å². The van der Waals surface area contributed by atoms with Crippen molar-refractivity contribution in [1.82, 2.24) is 0 Å². The predicted molar refractivity (Wildman–Crippen MR) is 43.4 cm³/mol. The van der Waals surface area contributed by atoms with Crippen LogP contribution in [0.4, 0.5) is 0 Å². The Kier molecular flexibility index (Phi) is 3.59. The summed E-state index contributed by atoms with van der Waals surface area (Å²) in [6.45, 7) is 6.48. The van der Waals surface area contributed by atoms with Crippen LogP contribution >= 0.6 is 0 Å². The van der Waals surface area contributed by atoms with Gasteiger partial charge in [0, 0.05) is 0 Å². The maximum absolute atomic E-state index is 8.91. The van der Waals surface area contributed by atoms with E-state index in [1.54, 1.807) is 0 Å². The Morgan fingerprint density at radius 1 is 1.09 bits per heavy atom. The Morgan fingerprint density at radius 3 is 2.00 bits per heavy atom. The van der Waals surface area contributed by atoms with Crippen molar-refractivity contribution in [3.63, 3.8) is 0 Å². The van der Waals surface area contributed by atoms with E-state index in [1.807, 2.05) is 0 Å². The lowest BCUT2D eigenvalue weighted by atomic mass is 10.3. The molecule has 0 heterocycles. The number of aliphatic hydroxyl groups is 3. The first-order valence-corrected chi connectivity index (χ1v) is 2.90. The molecule has 0 spiro atoms. The predicted octanol–water partition coefficient (Wildman–Crippen LogP) is 2.13. The fourth-order valence-electron chi connectivity index (χ4n) is 0.418. The first kappa shape index (κ1) is 9.36. The first-order chi connectivity index (χ1) is 5.13. The summed E-state index contributed by atoms with van der Waals surface area (Å²) < 4.78 is 0. The Bertz CT molecular complexity index is 223. The molecule has 0 saturated carbocycles. The van der Waals surface area contributed by atoms with Crippen molar-refractivity contribution in [2.24, 2.45) is 0 Å². The Balaban J connectivity index is 4.72. The van der Waals surface area contributed by atoms with Gasteiger partial charge in [0.05, 0.1) is 0 Å². The maximum Gasteiger partial charge on any atom is 0.200 e. The molecule has 0 aliphatic heterocycles. The lowest BCUT2D eigenvalue weighted by molar-refractivity contribution is 0.291. The van der Waals surface area contributed by atoms with Crippen LogP contribution in [0.1, 0.15) is 0 Å². The maximum atomic E-state index is 8.91. The average molecular weight is 154 g/mol. The van der Waals surface area contributed by atoms with Gasteiger partial charge in [0.15, 0.2) is 17.3 Å². The van der Waals surface area contributed by atoms with Gasteiger partial charge in [-0.25, -0.2) is 0 Å². The standard InChI is InChI=1S/C8H10O3/c1-3-5-7(10)8(11)6(9)4-2/h3-5,9-11H,1-2H2/b7-5+,8-6-. The second kappa shape index (κ2) is 4.22. The zero-order valence-electron chi connectivity index (χ0n) is 5.99. The lowest BCUT2D eigenvalue weighted by Crippen LogP contribution is -1.91. The fraction of sp³-hybridized carbons (Fsp3) is 0. The highest BCUT2D eigenvalue weighted by Gasteiger charge is 2.03. The normalized spacial score (nSPS) is 13.6. The van der Waals surface area contributed by atoms with Crippen molar-refractivity contribution in [2.75, 3.05) is 0 Å². The fourth-order valence-corrected chi connectivity index (χ4v) is 0.418. The van der Waals surface area contributed by atoms with E-state index >= 15 is 0 Å². The molecule has 0 aromatic rings. The third kappa shape index (κ3) is 2.62. The number of hydrogen-bond acceptors (Lipinski definition) is 3. The molecule has 0 aliphatic rings. The largest absolute Gasteiger partial charge is 0.504 e. The molecule has 0 fully saturated rings. The van der Waals surface area contributed by atoms with Crippen molar-refractivity contribution < 1.29 is 15.3 Å². The van der Waals surface area contributed by atoms with Gasteiger partial charge in [0.25, 0.3) is 0 Å². The summed E-state index contributed by atoms with van der Waals surface area (Å²) >= 11 is 0. The van der Waals surface area contributed by atoms with E-state index in [-0.39, 0.29) is 0 Å². The summed E-state index contributed by atoms with van der Waals surface area (Å²) in [6.07, 6.45) is 3.44. The quantitative estimate of drug-likeness (QED) is 0.431. The highest BCUT2D eigenvalue weighted by atomic mass is 16.3. The second-order valence-electron chi connectivity index (χ2n) is 1.73. The van der Waals surface area contributed by atoms with Crippen molar-refractivity contribution in [1.29, 1.82) is 0 Å². The molecule has 3 N–H and O–H groups in total. The van der Waals surface area contributed by atoms with Gasteiger partial charge in [-0.1, -0.05) is 19.2 Å². The molecule has 0 rings (SSSR count). The van der Waals surface area contributed by atoms with Crippen molar-refractivity contribution in [3.8, 4) is 0 Å². The summed E-state index contributed by atoms with van der Waals surface area (Å²) in [5, 5.41) is 26.6. The highest BCUT2D eigenvalue weighted by Crippen LogP contribution is 2.07. The monoisotopic (exact) mass is 154 g/mol. The topological polar surface area (TPSA) is 60.7 Å². The highest BCUT2D eigenvalue weighted by molar-refractivity contribution is 5.27. The minimum absolute atomic E-state index is 0.447. The van der Waals surface area contributed by atoms with Crippen LogP contribution in [0.5, 0.6) is 0 Å². The van der Waals surface area contributed by atoms with Gasteiger partial charge >= 0.3 is 0 Å². The summed E-state index contributed by atoms with van der Waals surface area (Å²) in [5.74, 6) is -1.53. The zero-order valence-corrected chi connectivity index (χ0v) is 5.99. The Morgan fingerprint density at radius 2 is 1.64 bits per heavy atom. The van der Waals surface area contributed by atoms with Crippen LogP contribution in [0.15, 0.2) is 48.7 Å². The van der Waals surface area contributed by atoms with Crippen molar-refractivity contribution in [2.45, 2.75) is 0 Å². The van der Waals surface area contributed by atoms with E-state index in [0.717, 1.165) is 12.2 Å². The van der Waals surface area contributed by atoms with Crippen LogP contribution in [0.2, 0.25) is 0 Å². The molecule has 3 heteroatoms. The molecular weight excluding hydrogens is 144 g/mol. The van der Waals surface area contributed by atoms with Gasteiger partial charge in [-0.05, 0) is 12.2 Å². The van der Waals surface area contributed by atoms with Gasteiger partial charge in [-0.2, -0.15) is 0 Å². The van der Waals surface area contributed by atoms with Crippen LogP contribution in [-0.4, -0.2) is 15.3 Å². The minimum Gasteiger partial charge on any atom is -0.504 e. The Hall–Kier alpha value is -1.64. The van der Waals surface area contributed by atoms with Gasteiger partial charge in [0.1, 0.15) is 0 Å². The molecule has 0 bridgehead atoms.